The van der Waals surface area contributed by atoms with Gasteiger partial charge in [-0.1, -0.05) is 36.8 Å². The summed E-state index contributed by atoms with van der Waals surface area (Å²) < 4.78 is 5.85. The minimum atomic E-state index is -0.0938. The number of amides is 1. The first-order valence-corrected chi connectivity index (χ1v) is 9.46. The molecule has 0 saturated carbocycles. The van der Waals surface area contributed by atoms with Gasteiger partial charge in [0.2, 0.25) is 5.91 Å². The van der Waals surface area contributed by atoms with E-state index in [1.807, 2.05) is 62.4 Å². The third-order valence-corrected chi connectivity index (χ3v) is 5.02. The van der Waals surface area contributed by atoms with Crippen molar-refractivity contribution in [2.24, 2.45) is 0 Å². The van der Waals surface area contributed by atoms with Gasteiger partial charge in [-0.3, -0.25) is 9.69 Å². The van der Waals surface area contributed by atoms with Crippen LogP contribution in [-0.4, -0.2) is 29.9 Å². The fourth-order valence-electron chi connectivity index (χ4n) is 3.32. The number of carbonyl (C=O) groups is 1. The molecule has 0 bridgehead atoms. The number of benzene rings is 2. The van der Waals surface area contributed by atoms with Crippen molar-refractivity contribution in [2.45, 2.75) is 45.8 Å². The summed E-state index contributed by atoms with van der Waals surface area (Å²) >= 11 is 0. The van der Waals surface area contributed by atoms with Crippen LogP contribution in [0.4, 0.5) is 5.69 Å². The number of likely N-dealkylation sites (tertiary alicyclic amines) is 1. The minimum Gasteiger partial charge on any atom is -0.489 e. The highest BCUT2D eigenvalue weighted by Gasteiger charge is 2.23. The van der Waals surface area contributed by atoms with Crippen LogP contribution in [0.5, 0.6) is 5.75 Å². The normalized spacial score (nSPS) is 15.5. The highest BCUT2D eigenvalue weighted by atomic mass is 35.5. The summed E-state index contributed by atoms with van der Waals surface area (Å²) in [6.45, 7) is 6.56. The topological polar surface area (TPSA) is 41.6 Å². The Morgan fingerprint density at radius 3 is 2.48 bits per heavy atom. The molecule has 1 N–H and O–H groups in total. The molecule has 1 aliphatic rings. The Kier molecular flexibility index (Phi) is 8.14. The van der Waals surface area contributed by atoms with Crippen molar-refractivity contribution in [3.63, 3.8) is 0 Å². The van der Waals surface area contributed by atoms with E-state index in [4.69, 9.17) is 4.74 Å². The lowest BCUT2D eigenvalue weighted by Gasteiger charge is -2.31. The Morgan fingerprint density at radius 1 is 1.11 bits per heavy atom. The van der Waals surface area contributed by atoms with Crippen LogP contribution in [0.2, 0.25) is 0 Å². The molecule has 1 amide bonds. The second kappa shape index (κ2) is 10.3. The van der Waals surface area contributed by atoms with Crippen molar-refractivity contribution in [3.05, 3.63) is 59.7 Å². The second-order valence-electron chi connectivity index (χ2n) is 7.01. The number of nitrogens with zero attached hydrogens (tertiary/aromatic N) is 1. The van der Waals surface area contributed by atoms with E-state index >= 15 is 0 Å². The van der Waals surface area contributed by atoms with Gasteiger partial charge in [0.25, 0.3) is 0 Å². The highest BCUT2D eigenvalue weighted by Crippen LogP contribution is 2.23. The first-order chi connectivity index (χ1) is 12.6. The van der Waals surface area contributed by atoms with Gasteiger partial charge in [0.1, 0.15) is 12.4 Å². The van der Waals surface area contributed by atoms with Gasteiger partial charge in [-0.05, 0) is 69.1 Å². The summed E-state index contributed by atoms with van der Waals surface area (Å²) in [6, 6.07) is 15.8. The number of halogens is 1. The zero-order valence-corrected chi connectivity index (χ0v) is 16.9. The van der Waals surface area contributed by atoms with Gasteiger partial charge in [0.05, 0.1) is 6.04 Å². The maximum Gasteiger partial charge on any atom is 0.241 e. The zero-order chi connectivity index (χ0) is 18.4. The Bertz CT molecular complexity index is 730. The SMILES string of the molecule is Cc1cc(OCc2ccccc2)ccc1NC(=O)C(C)N1CCCCC1.Cl. The maximum absolute atomic E-state index is 12.6. The van der Waals surface area contributed by atoms with Crippen LogP contribution in [0.25, 0.3) is 0 Å². The van der Waals surface area contributed by atoms with Gasteiger partial charge in [-0.25, -0.2) is 0 Å². The predicted molar refractivity (Wildman–Crippen MR) is 113 cm³/mol. The molecule has 0 spiro atoms. The van der Waals surface area contributed by atoms with Crippen LogP contribution >= 0.6 is 12.4 Å². The van der Waals surface area contributed by atoms with Crippen LogP contribution in [-0.2, 0) is 11.4 Å². The van der Waals surface area contributed by atoms with Crippen molar-refractivity contribution in [1.82, 2.24) is 4.90 Å². The van der Waals surface area contributed by atoms with Gasteiger partial charge in [-0.2, -0.15) is 0 Å². The molecule has 0 aliphatic carbocycles. The monoisotopic (exact) mass is 388 g/mol. The molecule has 5 heteroatoms. The molecule has 0 aromatic heterocycles. The van der Waals surface area contributed by atoms with E-state index in [9.17, 15) is 4.79 Å². The van der Waals surface area contributed by atoms with Gasteiger partial charge in [-0.15, -0.1) is 12.4 Å². The largest absolute Gasteiger partial charge is 0.489 e. The molecule has 1 fully saturated rings. The minimum absolute atomic E-state index is 0. The van der Waals surface area contributed by atoms with E-state index in [-0.39, 0.29) is 24.4 Å². The molecule has 1 unspecified atom stereocenters. The number of hydrogen-bond acceptors (Lipinski definition) is 3. The van der Waals surface area contributed by atoms with Crippen molar-refractivity contribution >= 4 is 24.0 Å². The molecule has 27 heavy (non-hydrogen) atoms. The van der Waals surface area contributed by atoms with Gasteiger partial charge in [0.15, 0.2) is 0 Å². The van der Waals surface area contributed by atoms with Crippen LogP contribution in [0.1, 0.15) is 37.3 Å². The van der Waals surface area contributed by atoms with E-state index in [1.165, 1.54) is 19.3 Å². The summed E-state index contributed by atoms with van der Waals surface area (Å²) in [5, 5.41) is 3.07. The number of piperidine rings is 1. The van der Waals surface area contributed by atoms with Crippen molar-refractivity contribution in [1.29, 1.82) is 0 Å². The first kappa shape index (κ1) is 21.3. The molecular formula is C22H29ClN2O2. The molecule has 1 saturated heterocycles. The van der Waals surface area contributed by atoms with Crippen LogP contribution in [0.3, 0.4) is 0 Å². The second-order valence-corrected chi connectivity index (χ2v) is 7.01. The summed E-state index contributed by atoms with van der Waals surface area (Å²) in [5.41, 5.74) is 3.00. The third-order valence-electron chi connectivity index (χ3n) is 5.02. The number of nitrogens with one attached hydrogen (secondary N) is 1. The van der Waals surface area contributed by atoms with Crippen LogP contribution in [0.15, 0.2) is 48.5 Å². The lowest BCUT2D eigenvalue weighted by atomic mass is 10.1. The van der Waals surface area contributed by atoms with E-state index in [0.717, 1.165) is 35.7 Å². The fraction of sp³-hybridized carbons (Fsp3) is 0.409. The molecule has 1 aliphatic heterocycles. The van der Waals surface area contributed by atoms with Crippen LogP contribution < -0.4 is 10.1 Å². The van der Waals surface area contributed by atoms with Crippen molar-refractivity contribution in [3.8, 4) is 5.75 Å². The molecule has 146 valence electrons. The number of rotatable bonds is 6. The molecule has 1 atom stereocenters. The molecule has 1 heterocycles. The average molecular weight is 389 g/mol. The molecular weight excluding hydrogens is 360 g/mol. The van der Waals surface area contributed by atoms with E-state index in [1.54, 1.807) is 0 Å². The van der Waals surface area contributed by atoms with Crippen molar-refractivity contribution < 1.29 is 9.53 Å². The lowest BCUT2D eigenvalue weighted by Crippen LogP contribution is -2.44. The van der Waals surface area contributed by atoms with Crippen LogP contribution in [0, 0.1) is 6.92 Å². The van der Waals surface area contributed by atoms with E-state index in [2.05, 4.69) is 10.2 Å². The quantitative estimate of drug-likeness (QED) is 0.772. The summed E-state index contributed by atoms with van der Waals surface area (Å²) in [7, 11) is 0. The third kappa shape index (κ3) is 5.98. The highest BCUT2D eigenvalue weighted by molar-refractivity contribution is 5.95. The molecule has 4 nitrogen and oxygen atoms in total. The summed E-state index contributed by atoms with van der Waals surface area (Å²) in [5.74, 6) is 0.876. The van der Waals surface area contributed by atoms with Gasteiger partial charge in [0, 0.05) is 5.69 Å². The Balaban J connectivity index is 0.00000261. The molecule has 3 rings (SSSR count). The first-order valence-electron chi connectivity index (χ1n) is 9.46. The number of anilines is 1. The zero-order valence-electron chi connectivity index (χ0n) is 16.1. The Hall–Kier alpha value is -2.04. The molecule has 0 radical (unpaired) electrons. The van der Waals surface area contributed by atoms with Crippen molar-refractivity contribution in [2.75, 3.05) is 18.4 Å². The van der Waals surface area contributed by atoms with E-state index in [0.29, 0.717) is 6.61 Å². The lowest BCUT2D eigenvalue weighted by molar-refractivity contribution is -0.121. The summed E-state index contributed by atoms with van der Waals surface area (Å²) in [6.07, 6.45) is 3.64. The maximum atomic E-state index is 12.6. The smallest absolute Gasteiger partial charge is 0.241 e. The number of ether oxygens (including phenoxy) is 1. The predicted octanol–water partition coefficient (Wildman–Crippen LogP) is 4.81. The number of aryl methyl sites for hydroxylation is 1. The number of hydrogen-bond donors (Lipinski definition) is 1. The standard InChI is InChI=1S/C22H28N2O2.ClH/c1-17-15-20(26-16-19-9-5-3-6-10-19)11-12-21(17)23-22(25)18(2)24-13-7-4-8-14-24;/h3,5-6,9-12,15,18H,4,7-8,13-14,16H2,1-2H3,(H,23,25);1H. The molecule has 2 aromatic rings. The Morgan fingerprint density at radius 2 is 1.81 bits per heavy atom. The number of carbonyl (C=O) groups excluding carboxylic acids is 1. The Labute approximate surface area is 168 Å². The van der Waals surface area contributed by atoms with Gasteiger partial charge >= 0.3 is 0 Å². The fourth-order valence-corrected chi connectivity index (χ4v) is 3.32. The summed E-state index contributed by atoms with van der Waals surface area (Å²) in [4.78, 5) is 14.8. The molecule has 2 aromatic carbocycles. The van der Waals surface area contributed by atoms with Gasteiger partial charge < -0.3 is 10.1 Å². The van der Waals surface area contributed by atoms with E-state index < -0.39 is 0 Å². The average Bonchev–Trinajstić information content (AvgIpc) is 2.69.